The number of piperidine rings is 1. The molecule has 0 amide bonds. The summed E-state index contributed by atoms with van der Waals surface area (Å²) >= 11 is 0. The molecule has 0 radical (unpaired) electrons. The van der Waals surface area contributed by atoms with Gasteiger partial charge < -0.3 is 25.0 Å². The average molecular weight is 484 g/mol. The fraction of sp³-hybridized carbons (Fsp3) is 0.947. The molecule has 2 N–H and O–H groups in total. The Morgan fingerprint density at radius 2 is 1.92 bits per heavy atom. The number of hydrogen-bond donors (Lipinski definition) is 2. The molecule has 0 bridgehead atoms. The molecule has 1 unspecified atom stereocenters. The number of rotatable bonds is 11. The summed E-state index contributed by atoms with van der Waals surface area (Å²) in [4.78, 5) is 7.23. The molecule has 0 aromatic carbocycles. The second-order valence-corrected chi connectivity index (χ2v) is 7.04. The standard InChI is InChI=1S/C19H40N4O2.HI/c1-6-20-19(21-11-8-18(16(3)4)25-7-2)22-17-9-12-23(13-10-17)14-15-24-5;/h16-18H,6-15H2,1-5H3,(H2,20,21,22);1H. The van der Waals surface area contributed by atoms with Crippen molar-refractivity contribution in [3.8, 4) is 0 Å². The van der Waals surface area contributed by atoms with E-state index in [4.69, 9.17) is 14.5 Å². The highest BCUT2D eigenvalue weighted by atomic mass is 127. The van der Waals surface area contributed by atoms with E-state index < -0.39 is 0 Å². The summed E-state index contributed by atoms with van der Waals surface area (Å²) in [6, 6.07) is 0.504. The van der Waals surface area contributed by atoms with Gasteiger partial charge in [0.1, 0.15) is 0 Å². The maximum Gasteiger partial charge on any atom is 0.191 e. The quantitative estimate of drug-likeness (QED) is 0.268. The van der Waals surface area contributed by atoms with E-state index >= 15 is 0 Å². The van der Waals surface area contributed by atoms with Crippen LogP contribution in [0.5, 0.6) is 0 Å². The second-order valence-electron chi connectivity index (χ2n) is 7.04. The van der Waals surface area contributed by atoms with Crippen molar-refractivity contribution in [3.05, 3.63) is 0 Å². The molecule has 1 atom stereocenters. The van der Waals surface area contributed by atoms with Crippen molar-refractivity contribution in [1.82, 2.24) is 15.5 Å². The third-order valence-electron chi connectivity index (χ3n) is 4.69. The lowest BCUT2D eigenvalue weighted by molar-refractivity contribution is 0.0266. The summed E-state index contributed by atoms with van der Waals surface area (Å²) in [5.74, 6) is 1.47. The summed E-state index contributed by atoms with van der Waals surface area (Å²) in [6.45, 7) is 15.2. The number of likely N-dealkylation sites (tertiary alicyclic amines) is 1. The number of aliphatic imine (C=N–C) groups is 1. The van der Waals surface area contributed by atoms with Gasteiger partial charge in [0.2, 0.25) is 0 Å². The Kier molecular flexibility index (Phi) is 15.8. The van der Waals surface area contributed by atoms with Crippen molar-refractivity contribution >= 4 is 29.9 Å². The van der Waals surface area contributed by atoms with Crippen molar-refractivity contribution in [1.29, 1.82) is 0 Å². The van der Waals surface area contributed by atoms with E-state index in [1.54, 1.807) is 7.11 Å². The topological polar surface area (TPSA) is 58.1 Å². The zero-order chi connectivity index (χ0) is 18.5. The molecule has 6 nitrogen and oxygen atoms in total. The highest BCUT2D eigenvalue weighted by Crippen LogP contribution is 2.12. The maximum absolute atomic E-state index is 5.81. The van der Waals surface area contributed by atoms with E-state index in [9.17, 15) is 0 Å². The highest BCUT2D eigenvalue weighted by Gasteiger charge is 2.19. The average Bonchev–Trinajstić information content (AvgIpc) is 2.60. The fourth-order valence-corrected chi connectivity index (χ4v) is 3.16. The minimum Gasteiger partial charge on any atom is -0.383 e. The largest absolute Gasteiger partial charge is 0.383 e. The molecule has 0 aliphatic carbocycles. The molecule has 156 valence electrons. The molecule has 0 aromatic heterocycles. The van der Waals surface area contributed by atoms with E-state index in [1.807, 2.05) is 0 Å². The SMILES string of the molecule is CCNC(=NCCC(OCC)C(C)C)NC1CCN(CCOC)CC1.I. The number of methoxy groups -OCH3 is 1. The third kappa shape index (κ3) is 10.9. The predicted molar refractivity (Wildman–Crippen MR) is 121 cm³/mol. The van der Waals surface area contributed by atoms with E-state index in [0.29, 0.717) is 18.1 Å². The Bertz CT molecular complexity index is 361. The summed E-state index contributed by atoms with van der Waals surface area (Å²) in [7, 11) is 1.77. The molecule has 0 saturated carbocycles. The number of ether oxygens (including phenoxy) is 2. The van der Waals surface area contributed by atoms with Crippen LogP contribution >= 0.6 is 24.0 Å². The molecule has 7 heteroatoms. The van der Waals surface area contributed by atoms with Gasteiger partial charge in [-0.2, -0.15) is 0 Å². The van der Waals surface area contributed by atoms with E-state index in [2.05, 4.69) is 43.2 Å². The smallest absolute Gasteiger partial charge is 0.191 e. The molecule has 1 saturated heterocycles. The van der Waals surface area contributed by atoms with E-state index in [1.165, 1.54) is 0 Å². The number of guanidine groups is 1. The number of nitrogens with one attached hydrogen (secondary N) is 2. The molecule has 1 rings (SSSR count). The van der Waals surface area contributed by atoms with Crippen LogP contribution in [0.1, 0.15) is 47.0 Å². The van der Waals surface area contributed by atoms with Crippen LogP contribution in [-0.2, 0) is 9.47 Å². The molecule has 0 aromatic rings. The van der Waals surface area contributed by atoms with Crippen LogP contribution in [0.4, 0.5) is 0 Å². The molecular weight excluding hydrogens is 443 g/mol. The van der Waals surface area contributed by atoms with Crippen molar-refractivity contribution in [3.63, 3.8) is 0 Å². The van der Waals surface area contributed by atoms with Gasteiger partial charge in [0.05, 0.1) is 12.7 Å². The van der Waals surface area contributed by atoms with Crippen molar-refractivity contribution in [2.24, 2.45) is 10.9 Å². The summed E-state index contributed by atoms with van der Waals surface area (Å²) in [6.07, 6.45) is 3.57. The minimum atomic E-state index is 0. The number of hydrogen-bond acceptors (Lipinski definition) is 4. The number of nitrogens with zero attached hydrogens (tertiary/aromatic N) is 2. The molecule has 26 heavy (non-hydrogen) atoms. The first-order chi connectivity index (χ1) is 12.1. The Morgan fingerprint density at radius 3 is 2.46 bits per heavy atom. The van der Waals surface area contributed by atoms with Crippen LogP contribution in [-0.4, -0.2) is 76.1 Å². The van der Waals surface area contributed by atoms with E-state index in [-0.39, 0.29) is 24.0 Å². The first-order valence-corrected chi connectivity index (χ1v) is 9.98. The van der Waals surface area contributed by atoms with Gasteiger partial charge in [0.25, 0.3) is 0 Å². The summed E-state index contributed by atoms with van der Waals surface area (Å²) in [5.41, 5.74) is 0. The zero-order valence-electron chi connectivity index (χ0n) is 17.4. The van der Waals surface area contributed by atoms with Crippen LogP contribution in [0.15, 0.2) is 4.99 Å². The zero-order valence-corrected chi connectivity index (χ0v) is 19.8. The van der Waals surface area contributed by atoms with Gasteiger partial charge in [0, 0.05) is 52.5 Å². The second kappa shape index (κ2) is 15.9. The van der Waals surface area contributed by atoms with Gasteiger partial charge in [-0.15, -0.1) is 24.0 Å². The van der Waals surface area contributed by atoms with Crippen LogP contribution in [0.25, 0.3) is 0 Å². The molecule has 0 spiro atoms. The Hall–Kier alpha value is -0.120. The molecule has 1 heterocycles. The lowest BCUT2D eigenvalue weighted by atomic mass is 10.0. The van der Waals surface area contributed by atoms with E-state index in [0.717, 1.165) is 71.2 Å². The van der Waals surface area contributed by atoms with Crippen molar-refractivity contribution in [2.75, 3.05) is 53.0 Å². The Balaban J connectivity index is 0.00000625. The van der Waals surface area contributed by atoms with Crippen LogP contribution < -0.4 is 10.6 Å². The lowest BCUT2D eigenvalue weighted by Gasteiger charge is -2.32. The highest BCUT2D eigenvalue weighted by molar-refractivity contribution is 14.0. The van der Waals surface area contributed by atoms with Crippen LogP contribution in [0, 0.1) is 5.92 Å². The van der Waals surface area contributed by atoms with Gasteiger partial charge in [0.15, 0.2) is 5.96 Å². The van der Waals surface area contributed by atoms with Gasteiger partial charge >= 0.3 is 0 Å². The van der Waals surface area contributed by atoms with Gasteiger partial charge in [-0.3, -0.25) is 4.99 Å². The fourth-order valence-electron chi connectivity index (χ4n) is 3.16. The van der Waals surface area contributed by atoms with Crippen LogP contribution in [0.3, 0.4) is 0 Å². The first kappa shape index (κ1) is 25.9. The van der Waals surface area contributed by atoms with Gasteiger partial charge in [-0.1, -0.05) is 13.8 Å². The predicted octanol–water partition coefficient (Wildman–Crippen LogP) is 2.72. The van der Waals surface area contributed by atoms with Crippen molar-refractivity contribution < 1.29 is 9.47 Å². The number of halogens is 1. The molecular formula is C19H41IN4O2. The monoisotopic (exact) mass is 484 g/mol. The molecule has 1 aliphatic rings. The van der Waals surface area contributed by atoms with Crippen molar-refractivity contribution in [2.45, 2.75) is 59.1 Å². The lowest BCUT2D eigenvalue weighted by Crippen LogP contribution is -2.49. The first-order valence-electron chi connectivity index (χ1n) is 9.98. The minimum absolute atomic E-state index is 0. The molecule has 1 fully saturated rings. The maximum atomic E-state index is 5.81. The summed E-state index contributed by atoms with van der Waals surface area (Å²) in [5, 5.41) is 6.98. The third-order valence-corrected chi connectivity index (χ3v) is 4.69. The van der Waals surface area contributed by atoms with Gasteiger partial charge in [-0.05, 0) is 39.0 Å². The summed E-state index contributed by atoms with van der Waals surface area (Å²) < 4.78 is 11.0. The normalized spacial score (nSPS) is 17.8. The Morgan fingerprint density at radius 1 is 1.23 bits per heavy atom. The van der Waals surface area contributed by atoms with Crippen LogP contribution in [0.2, 0.25) is 0 Å². The molecule has 1 aliphatic heterocycles. The van der Waals surface area contributed by atoms with Gasteiger partial charge in [-0.25, -0.2) is 0 Å². The Labute approximate surface area is 177 Å².